The van der Waals surface area contributed by atoms with Gasteiger partial charge in [0.15, 0.2) is 0 Å². The molecule has 0 amide bonds. The molecular weight excluding hydrogens is 475 g/mol. The molecule has 0 heterocycles. The Hall–Kier alpha value is 2.93. The molecule has 0 aliphatic carbocycles. The van der Waals surface area contributed by atoms with Crippen LogP contribution in [-0.2, 0) is 0 Å². The lowest BCUT2D eigenvalue weighted by Gasteiger charge is -1.91. The third-order valence-electron chi connectivity index (χ3n) is 0.507. The summed E-state index contributed by atoms with van der Waals surface area (Å²) in [5, 5.41) is 0. The number of hydrogen-bond donors (Lipinski definition) is 0. The first-order chi connectivity index (χ1) is 4.50. The van der Waals surface area contributed by atoms with E-state index in [1.54, 1.807) is 0 Å². The van der Waals surface area contributed by atoms with Gasteiger partial charge in [-0.2, -0.15) is 42.2 Å². The van der Waals surface area contributed by atoms with Gasteiger partial charge in [-0.05, 0) is 6.42 Å². The zero-order chi connectivity index (χ0) is 8.57. The maximum absolute atomic E-state index is 3.35. The molecule has 0 aromatic carbocycles. The molecule has 0 bridgehead atoms. The quantitative estimate of drug-likeness (QED) is 0.381. The average Bonchev–Trinajstić information content (AvgIpc) is 1.62. The van der Waals surface area contributed by atoms with Crippen LogP contribution < -0.4 is 0 Å². The lowest BCUT2D eigenvalue weighted by atomic mass is 10.4. The highest BCUT2D eigenvalue weighted by molar-refractivity contribution is 9.69. The van der Waals surface area contributed by atoms with Gasteiger partial charge in [-0.1, -0.05) is 45.2 Å². The Morgan fingerprint density at radius 2 is 1.50 bits per heavy atom. The highest BCUT2D eigenvalue weighted by atomic mass is 80.0. The minimum atomic E-state index is -0.701. The SMILES string of the molecule is CCCC(Br)Br.[Br][Al]([Br])[Br]. The van der Waals surface area contributed by atoms with Crippen molar-refractivity contribution in [1.29, 1.82) is 0 Å². The van der Waals surface area contributed by atoms with Gasteiger partial charge < -0.3 is 0 Å². The van der Waals surface area contributed by atoms with Crippen molar-refractivity contribution in [3.05, 3.63) is 0 Å². The Morgan fingerprint density at radius 1 is 1.20 bits per heavy atom. The lowest BCUT2D eigenvalue weighted by molar-refractivity contribution is 0.883. The summed E-state index contributed by atoms with van der Waals surface area (Å²) in [5.74, 6) is 0. The van der Waals surface area contributed by atoms with Gasteiger partial charge in [0.25, 0.3) is 0 Å². The third-order valence-corrected chi connectivity index (χ3v) is 1.42. The zero-order valence-corrected chi connectivity index (χ0v) is 14.5. The molecule has 0 atom stereocenters. The summed E-state index contributed by atoms with van der Waals surface area (Å²) in [6.45, 7) is 2.16. The van der Waals surface area contributed by atoms with Crippen LogP contribution in [0.2, 0.25) is 0 Å². The second kappa shape index (κ2) is 11.9. The summed E-state index contributed by atoms with van der Waals surface area (Å²) in [7, 11) is -0.701. The second-order valence-electron chi connectivity index (χ2n) is 1.43. The van der Waals surface area contributed by atoms with Crippen LogP contribution in [0.25, 0.3) is 0 Å². The molecule has 62 valence electrons. The van der Waals surface area contributed by atoms with Crippen LogP contribution in [0.4, 0.5) is 0 Å². The van der Waals surface area contributed by atoms with Crippen LogP contribution in [0.5, 0.6) is 0 Å². The van der Waals surface area contributed by atoms with Crippen molar-refractivity contribution in [2.75, 3.05) is 0 Å². The summed E-state index contributed by atoms with van der Waals surface area (Å²) in [6.07, 6.45) is 2.45. The van der Waals surface area contributed by atoms with Gasteiger partial charge in [-0.25, -0.2) is 0 Å². The van der Waals surface area contributed by atoms with E-state index in [0.717, 1.165) is 0 Å². The van der Waals surface area contributed by atoms with Crippen molar-refractivity contribution < 1.29 is 0 Å². The van der Waals surface area contributed by atoms with Crippen LogP contribution in [0.3, 0.4) is 0 Å². The normalized spacial score (nSPS) is 8.70. The zero-order valence-electron chi connectivity index (χ0n) is 5.46. The summed E-state index contributed by atoms with van der Waals surface area (Å²) >= 11 is 16.4. The average molecular weight is 483 g/mol. The van der Waals surface area contributed by atoms with Crippen molar-refractivity contribution in [3.63, 3.8) is 0 Å². The van der Waals surface area contributed by atoms with Crippen molar-refractivity contribution in [3.8, 4) is 0 Å². The summed E-state index contributed by atoms with van der Waals surface area (Å²) < 4.78 is 0.523. The predicted octanol–water partition coefficient (Wildman–Crippen LogP) is 5.06. The molecule has 0 saturated heterocycles. The fraction of sp³-hybridized carbons (Fsp3) is 1.00. The van der Waals surface area contributed by atoms with Crippen molar-refractivity contribution >= 4 is 82.7 Å². The molecule has 0 aromatic heterocycles. The van der Waals surface area contributed by atoms with Crippen molar-refractivity contribution in [2.24, 2.45) is 0 Å². The molecule has 0 aliphatic heterocycles. The van der Waals surface area contributed by atoms with E-state index in [2.05, 4.69) is 80.9 Å². The van der Waals surface area contributed by atoms with E-state index in [0.29, 0.717) is 3.74 Å². The summed E-state index contributed by atoms with van der Waals surface area (Å²) in [4.78, 5) is 0. The molecule has 6 heteroatoms. The summed E-state index contributed by atoms with van der Waals surface area (Å²) in [6, 6.07) is 0. The first-order valence-corrected chi connectivity index (χ1v) is 14.1. The van der Waals surface area contributed by atoms with E-state index in [1.807, 2.05) is 0 Å². The lowest BCUT2D eigenvalue weighted by Crippen LogP contribution is -1.78. The van der Waals surface area contributed by atoms with E-state index in [-0.39, 0.29) is 0 Å². The molecule has 0 rings (SSSR count). The van der Waals surface area contributed by atoms with Crippen LogP contribution >= 0.6 is 74.0 Å². The molecule has 0 unspecified atom stereocenters. The number of hydrogen-bond acceptors (Lipinski definition) is 0. The van der Waals surface area contributed by atoms with Crippen LogP contribution in [0, 0.1) is 0 Å². The molecule has 0 fully saturated rings. The fourth-order valence-corrected chi connectivity index (χ4v) is 1.13. The topological polar surface area (TPSA) is 0 Å². The Labute approximate surface area is 104 Å². The minimum Gasteiger partial charge on any atom is -0.181 e. The van der Waals surface area contributed by atoms with Crippen molar-refractivity contribution in [2.45, 2.75) is 23.5 Å². The van der Waals surface area contributed by atoms with Gasteiger partial charge >= 0.3 is 8.67 Å². The maximum Gasteiger partial charge on any atom is 0.542 e. The standard InChI is InChI=1S/C4H8Br2.Al.3BrH/c1-2-3-4(5)6;;;;/h4H,2-3H2,1H3;;3*1H/q;+3;;;/p-3. The minimum absolute atomic E-state index is 0.523. The first-order valence-electron chi connectivity index (χ1n) is 2.71. The molecule has 0 spiro atoms. The molecule has 0 aliphatic rings. The van der Waals surface area contributed by atoms with Gasteiger partial charge in [0.2, 0.25) is 0 Å². The Morgan fingerprint density at radius 3 is 1.50 bits per heavy atom. The highest BCUT2D eigenvalue weighted by Crippen LogP contribution is 2.13. The van der Waals surface area contributed by atoms with Crippen LogP contribution in [0.15, 0.2) is 0 Å². The molecule has 0 saturated carbocycles. The molecule has 0 radical (unpaired) electrons. The van der Waals surface area contributed by atoms with Crippen LogP contribution in [0.1, 0.15) is 19.8 Å². The molecule has 0 N–H and O–H groups in total. The number of halogens is 5. The molecule has 0 nitrogen and oxygen atoms in total. The second-order valence-corrected chi connectivity index (χ2v) is 24.7. The monoisotopic (exact) mass is 478 g/mol. The summed E-state index contributed by atoms with van der Waals surface area (Å²) in [5.41, 5.74) is 0. The van der Waals surface area contributed by atoms with E-state index >= 15 is 0 Å². The smallest absolute Gasteiger partial charge is 0.181 e. The maximum atomic E-state index is 3.35. The Bertz CT molecular complexity index is 54.9. The van der Waals surface area contributed by atoms with E-state index in [1.165, 1.54) is 12.8 Å². The van der Waals surface area contributed by atoms with Gasteiger partial charge in [-0.3, -0.25) is 0 Å². The van der Waals surface area contributed by atoms with Gasteiger partial charge in [0.05, 0.1) is 3.74 Å². The van der Waals surface area contributed by atoms with E-state index in [4.69, 9.17) is 0 Å². The van der Waals surface area contributed by atoms with E-state index < -0.39 is 8.67 Å². The number of alkyl halides is 2. The van der Waals surface area contributed by atoms with Gasteiger partial charge in [-0.15, -0.1) is 0 Å². The third kappa shape index (κ3) is 30.6. The van der Waals surface area contributed by atoms with Gasteiger partial charge in [0, 0.05) is 0 Å². The van der Waals surface area contributed by atoms with Gasteiger partial charge in [0.1, 0.15) is 0 Å². The van der Waals surface area contributed by atoms with Crippen LogP contribution in [-0.4, -0.2) is 12.4 Å². The predicted molar refractivity (Wildman–Crippen MR) is 69.1 cm³/mol. The van der Waals surface area contributed by atoms with E-state index in [9.17, 15) is 0 Å². The Kier molecular flexibility index (Phi) is 18.4. The largest absolute Gasteiger partial charge is 0.542 e. The molecular formula is C4H8AlBr5. The number of rotatable bonds is 2. The Balaban J connectivity index is 0. The first kappa shape index (κ1) is 15.4. The highest BCUT2D eigenvalue weighted by Gasteiger charge is 1.95. The molecule has 10 heavy (non-hydrogen) atoms. The fourth-order valence-electron chi connectivity index (χ4n) is 0.218. The molecule has 0 aromatic rings. The van der Waals surface area contributed by atoms with Crippen molar-refractivity contribution in [1.82, 2.24) is 0 Å².